The number of aromatic nitrogens is 1. The Balaban J connectivity index is 0.000000586. The SMILES string of the molecule is CC.CC.CC/C=C1/OCCn2c(CC(C)CCC)ccc21.CCc1ccc(OC)c(O)c1. The number of benzene rings is 1. The molecule has 0 aliphatic carbocycles. The molecule has 1 aliphatic heterocycles. The number of methoxy groups -OCH3 is 1. The van der Waals surface area contributed by atoms with Crippen molar-refractivity contribution in [2.75, 3.05) is 13.7 Å². The summed E-state index contributed by atoms with van der Waals surface area (Å²) >= 11 is 0. The van der Waals surface area contributed by atoms with Crippen LogP contribution in [0, 0.1) is 5.92 Å². The van der Waals surface area contributed by atoms with Crippen LogP contribution >= 0.6 is 0 Å². The van der Waals surface area contributed by atoms with Crippen LogP contribution in [-0.2, 0) is 24.1 Å². The van der Waals surface area contributed by atoms with E-state index >= 15 is 0 Å². The van der Waals surface area contributed by atoms with Gasteiger partial charge in [0.25, 0.3) is 0 Å². The van der Waals surface area contributed by atoms with Crippen LogP contribution in [0.15, 0.2) is 36.4 Å². The summed E-state index contributed by atoms with van der Waals surface area (Å²) < 4.78 is 13.1. The highest BCUT2D eigenvalue weighted by Gasteiger charge is 2.18. The Morgan fingerprint density at radius 3 is 2.33 bits per heavy atom. The van der Waals surface area contributed by atoms with Crippen molar-refractivity contribution >= 4 is 5.76 Å². The first-order valence-electron chi connectivity index (χ1n) is 12.9. The van der Waals surface area contributed by atoms with Gasteiger partial charge in [-0.25, -0.2) is 0 Å². The first kappa shape index (κ1) is 30.6. The average Bonchev–Trinajstić information content (AvgIpc) is 3.26. The summed E-state index contributed by atoms with van der Waals surface area (Å²) in [7, 11) is 1.54. The predicted molar refractivity (Wildman–Crippen MR) is 143 cm³/mol. The molecule has 2 heterocycles. The van der Waals surface area contributed by atoms with Gasteiger partial charge in [0.2, 0.25) is 0 Å². The van der Waals surface area contributed by atoms with Gasteiger partial charge in [0, 0.05) is 5.69 Å². The van der Waals surface area contributed by atoms with Crippen LogP contribution in [0.5, 0.6) is 11.5 Å². The van der Waals surface area contributed by atoms with Crippen LogP contribution in [0.1, 0.15) is 91.6 Å². The Morgan fingerprint density at radius 2 is 1.79 bits per heavy atom. The third-order valence-electron chi connectivity index (χ3n) is 5.28. The lowest BCUT2D eigenvalue weighted by atomic mass is 10.0. The largest absolute Gasteiger partial charge is 0.504 e. The lowest BCUT2D eigenvalue weighted by Gasteiger charge is -2.23. The standard InChI is InChI=1S/C16H25NO.C9H12O2.2C2H6/c1-4-6-13(3)12-14-8-9-15-16(7-5-2)18-11-10-17(14)15;1-3-7-4-5-9(11-2)8(10)6-7;2*1-2/h7-9,13H,4-6,10-12H2,1-3H3;4-6,10H,3H2,1-2H3;2*1-2H3/b16-7+;;;. The molecule has 0 saturated carbocycles. The van der Waals surface area contributed by atoms with E-state index < -0.39 is 0 Å². The van der Waals surface area contributed by atoms with Gasteiger partial charge < -0.3 is 19.1 Å². The molecule has 188 valence electrons. The molecule has 0 fully saturated rings. The van der Waals surface area contributed by atoms with Gasteiger partial charge in [0.1, 0.15) is 12.4 Å². The second kappa shape index (κ2) is 18.1. The zero-order valence-electron chi connectivity index (χ0n) is 22.7. The first-order chi connectivity index (χ1) is 16.0. The van der Waals surface area contributed by atoms with Gasteiger partial charge in [0.05, 0.1) is 19.3 Å². The van der Waals surface area contributed by atoms with Crippen molar-refractivity contribution < 1.29 is 14.6 Å². The van der Waals surface area contributed by atoms with Crippen molar-refractivity contribution in [1.29, 1.82) is 0 Å². The van der Waals surface area contributed by atoms with Crippen molar-refractivity contribution in [3.8, 4) is 11.5 Å². The van der Waals surface area contributed by atoms with Gasteiger partial charge in [-0.2, -0.15) is 0 Å². The van der Waals surface area contributed by atoms with Crippen molar-refractivity contribution in [1.82, 2.24) is 4.57 Å². The van der Waals surface area contributed by atoms with Crippen molar-refractivity contribution in [3.05, 3.63) is 53.4 Å². The van der Waals surface area contributed by atoms with E-state index in [1.54, 1.807) is 19.2 Å². The molecule has 2 aromatic rings. The monoisotopic (exact) mass is 459 g/mol. The fourth-order valence-corrected chi connectivity index (χ4v) is 3.74. The number of aryl methyl sites for hydroxylation is 1. The van der Waals surface area contributed by atoms with Gasteiger partial charge in [-0.1, -0.05) is 74.3 Å². The van der Waals surface area contributed by atoms with Crippen LogP contribution in [0.4, 0.5) is 0 Å². The van der Waals surface area contributed by atoms with Crippen LogP contribution < -0.4 is 4.74 Å². The second-order valence-electron chi connectivity index (χ2n) is 7.64. The van der Waals surface area contributed by atoms with E-state index in [2.05, 4.69) is 43.5 Å². The molecule has 4 nitrogen and oxygen atoms in total. The minimum Gasteiger partial charge on any atom is -0.504 e. The van der Waals surface area contributed by atoms with Crippen molar-refractivity contribution in [3.63, 3.8) is 0 Å². The zero-order valence-corrected chi connectivity index (χ0v) is 22.7. The normalized spacial score (nSPS) is 13.7. The molecule has 0 spiro atoms. The highest BCUT2D eigenvalue weighted by molar-refractivity contribution is 5.58. The molecule has 0 bridgehead atoms. The Morgan fingerprint density at radius 1 is 1.09 bits per heavy atom. The molecule has 1 aromatic carbocycles. The summed E-state index contributed by atoms with van der Waals surface area (Å²) in [5.41, 5.74) is 3.85. The minimum absolute atomic E-state index is 0.215. The molecule has 0 radical (unpaired) electrons. The quantitative estimate of drug-likeness (QED) is 0.453. The maximum atomic E-state index is 9.30. The number of ether oxygens (including phenoxy) is 2. The van der Waals surface area contributed by atoms with E-state index in [1.807, 2.05) is 40.7 Å². The van der Waals surface area contributed by atoms with Crippen LogP contribution in [0.2, 0.25) is 0 Å². The van der Waals surface area contributed by atoms with Gasteiger partial charge in [-0.15, -0.1) is 0 Å². The Kier molecular flexibility index (Phi) is 16.8. The number of hydrogen-bond donors (Lipinski definition) is 1. The second-order valence-corrected chi connectivity index (χ2v) is 7.64. The molecule has 1 aliphatic rings. The Hall–Kier alpha value is -2.36. The molecule has 4 heteroatoms. The minimum atomic E-state index is 0.215. The molecule has 1 N–H and O–H groups in total. The molecule has 3 rings (SSSR count). The summed E-state index contributed by atoms with van der Waals surface area (Å²) in [6.07, 6.45) is 7.92. The van der Waals surface area contributed by atoms with Gasteiger partial charge in [-0.3, -0.25) is 0 Å². The lowest BCUT2D eigenvalue weighted by molar-refractivity contribution is 0.234. The third kappa shape index (κ3) is 9.98. The molecule has 1 atom stereocenters. The van der Waals surface area contributed by atoms with E-state index in [4.69, 9.17) is 9.47 Å². The summed E-state index contributed by atoms with van der Waals surface area (Å²) in [5.74, 6) is 2.59. The van der Waals surface area contributed by atoms with Gasteiger partial charge in [0.15, 0.2) is 11.5 Å². The Labute approximate surface area is 203 Å². The van der Waals surface area contributed by atoms with E-state index in [-0.39, 0.29) is 5.75 Å². The molecule has 1 aromatic heterocycles. The summed E-state index contributed by atoms with van der Waals surface area (Å²) in [6, 6.07) is 9.93. The average molecular weight is 460 g/mol. The molecule has 33 heavy (non-hydrogen) atoms. The fourth-order valence-electron chi connectivity index (χ4n) is 3.74. The number of aromatic hydroxyl groups is 1. The fraction of sp³-hybridized carbons (Fsp3) is 0.586. The van der Waals surface area contributed by atoms with E-state index in [0.29, 0.717) is 5.75 Å². The topological polar surface area (TPSA) is 43.6 Å². The number of phenolic OH excluding ortho intramolecular Hbond substituents is 1. The van der Waals surface area contributed by atoms with Crippen LogP contribution in [0.3, 0.4) is 0 Å². The number of fused-ring (bicyclic) bond motifs is 1. The summed E-state index contributed by atoms with van der Waals surface area (Å²) in [5, 5.41) is 9.30. The van der Waals surface area contributed by atoms with Gasteiger partial charge in [-0.05, 0) is 61.1 Å². The molecule has 1 unspecified atom stereocenters. The molecular formula is C29H49NO3. The van der Waals surface area contributed by atoms with Crippen molar-refractivity contribution in [2.24, 2.45) is 5.92 Å². The van der Waals surface area contributed by atoms with Crippen LogP contribution in [-0.4, -0.2) is 23.4 Å². The Bertz CT molecular complexity index is 792. The van der Waals surface area contributed by atoms with Crippen molar-refractivity contribution in [2.45, 2.75) is 94.0 Å². The molecule has 0 amide bonds. The van der Waals surface area contributed by atoms with Gasteiger partial charge >= 0.3 is 0 Å². The summed E-state index contributed by atoms with van der Waals surface area (Å²) in [6.45, 7) is 18.6. The number of phenols is 1. The van der Waals surface area contributed by atoms with E-state index in [9.17, 15) is 5.11 Å². The third-order valence-corrected chi connectivity index (χ3v) is 5.28. The first-order valence-corrected chi connectivity index (χ1v) is 12.9. The maximum Gasteiger partial charge on any atom is 0.160 e. The summed E-state index contributed by atoms with van der Waals surface area (Å²) in [4.78, 5) is 0. The maximum absolute atomic E-state index is 9.30. The number of nitrogens with zero attached hydrogens (tertiary/aromatic N) is 1. The zero-order chi connectivity index (χ0) is 25.2. The highest BCUT2D eigenvalue weighted by Crippen LogP contribution is 2.27. The molecule has 0 saturated heterocycles. The van der Waals surface area contributed by atoms with E-state index in [0.717, 1.165) is 43.2 Å². The number of rotatable bonds is 7. The number of allylic oxidation sites excluding steroid dienone is 1. The smallest absolute Gasteiger partial charge is 0.160 e. The lowest BCUT2D eigenvalue weighted by Crippen LogP contribution is -2.18. The predicted octanol–water partition coefficient (Wildman–Crippen LogP) is 8.26. The van der Waals surface area contributed by atoms with E-state index in [1.165, 1.54) is 30.7 Å². The highest BCUT2D eigenvalue weighted by atomic mass is 16.5. The molecular weight excluding hydrogens is 410 g/mol. The van der Waals surface area contributed by atoms with Crippen LogP contribution in [0.25, 0.3) is 5.76 Å². The number of hydrogen-bond acceptors (Lipinski definition) is 3.